The molecule has 0 bridgehead atoms. The number of carbonyl (C=O) groups is 2. The number of anilines is 1. The van der Waals surface area contributed by atoms with Gasteiger partial charge < -0.3 is 10.6 Å². The summed E-state index contributed by atoms with van der Waals surface area (Å²) in [7, 11) is 0. The van der Waals surface area contributed by atoms with E-state index in [1.54, 1.807) is 0 Å². The molecule has 0 spiro atoms. The number of amides is 2. The molecule has 1 radical (unpaired) electrons. The number of rotatable bonds is 2. The number of benzene rings is 1. The Bertz CT molecular complexity index is 468. The van der Waals surface area contributed by atoms with Crippen LogP contribution >= 0.6 is 0 Å². The van der Waals surface area contributed by atoms with E-state index in [0.29, 0.717) is 0 Å². The van der Waals surface area contributed by atoms with Crippen LogP contribution in [0.1, 0.15) is 25.0 Å². The number of fused-ring (bicyclic) bond motifs is 1. The third kappa shape index (κ3) is 2.84. The molecule has 0 heterocycles. The maximum absolute atomic E-state index is 11.0. The average Bonchev–Trinajstić information content (AvgIpc) is 2.56. The van der Waals surface area contributed by atoms with Crippen molar-refractivity contribution in [3.8, 4) is 0 Å². The van der Waals surface area contributed by atoms with Gasteiger partial charge in [-0.25, -0.2) is 0 Å². The van der Waals surface area contributed by atoms with Gasteiger partial charge in [0.25, 0.3) is 0 Å². The molecule has 4 nitrogen and oxygen atoms in total. The van der Waals surface area contributed by atoms with Crippen LogP contribution in [0.2, 0.25) is 0 Å². The zero-order chi connectivity index (χ0) is 12.4. The highest BCUT2D eigenvalue weighted by Crippen LogP contribution is 2.26. The predicted molar refractivity (Wildman–Crippen MR) is 65.5 cm³/mol. The smallest absolute Gasteiger partial charge is 0.221 e. The molecule has 1 atom stereocenters. The first-order valence-corrected chi connectivity index (χ1v) is 5.57. The van der Waals surface area contributed by atoms with Crippen LogP contribution in [0.4, 0.5) is 5.69 Å². The fourth-order valence-corrected chi connectivity index (χ4v) is 2.09. The van der Waals surface area contributed by atoms with Crippen LogP contribution in [0.3, 0.4) is 0 Å². The summed E-state index contributed by atoms with van der Waals surface area (Å²) in [6.07, 6.45) is 2.82. The van der Waals surface area contributed by atoms with Crippen molar-refractivity contribution in [2.24, 2.45) is 0 Å². The van der Waals surface area contributed by atoms with Crippen molar-refractivity contribution in [3.63, 3.8) is 0 Å². The fourth-order valence-electron chi connectivity index (χ4n) is 2.09. The monoisotopic (exact) mass is 231 g/mol. The molecule has 2 N–H and O–H groups in total. The van der Waals surface area contributed by atoms with Crippen LogP contribution in [-0.4, -0.2) is 17.9 Å². The molecule has 0 saturated heterocycles. The van der Waals surface area contributed by atoms with Crippen LogP contribution in [0.25, 0.3) is 0 Å². The molecule has 0 aliphatic heterocycles. The maximum atomic E-state index is 11.0. The Hall–Kier alpha value is -1.84. The molecule has 17 heavy (non-hydrogen) atoms. The lowest BCUT2D eigenvalue weighted by atomic mass is 10.1. The zero-order valence-electron chi connectivity index (χ0n) is 9.91. The van der Waals surface area contributed by atoms with Crippen molar-refractivity contribution in [2.45, 2.75) is 26.3 Å². The van der Waals surface area contributed by atoms with E-state index >= 15 is 0 Å². The van der Waals surface area contributed by atoms with Gasteiger partial charge in [-0.3, -0.25) is 9.59 Å². The van der Waals surface area contributed by atoms with Crippen molar-refractivity contribution in [3.05, 3.63) is 35.7 Å². The molecule has 1 aromatic carbocycles. The first kappa shape index (κ1) is 11.6. The highest BCUT2D eigenvalue weighted by molar-refractivity contribution is 5.88. The molecular formula is C13H15N2O2. The van der Waals surface area contributed by atoms with E-state index in [9.17, 15) is 9.59 Å². The normalized spacial score (nSPS) is 17.4. The van der Waals surface area contributed by atoms with Gasteiger partial charge in [0.05, 0.1) is 0 Å². The predicted octanol–water partition coefficient (Wildman–Crippen LogP) is 1.26. The highest BCUT2D eigenvalue weighted by Gasteiger charge is 2.22. The third-order valence-corrected chi connectivity index (χ3v) is 2.67. The lowest BCUT2D eigenvalue weighted by Crippen LogP contribution is -2.32. The summed E-state index contributed by atoms with van der Waals surface area (Å²) in [5, 5.41) is 5.62. The molecule has 1 unspecified atom stereocenters. The molecule has 0 aromatic heterocycles. The van der Waals surface area contributed by atoms with E-state index in [0.717, 1.165) is 23.2 Å². The van der Waals surface area contributed by atoms with E-state index in [1.807, 2.05) is 24.6 Å². The average molecular weight is 231 g/mol. The SMILES string of the molecule is CC(=O)Nc1ccc2c(c1)CC(NC(C)=O)[CH]2. The third-order valence-electron chi connectivity index (χ3n) is 2.67. The van der Waals surface area contributed by atoms with Gasteiger partial charge in [-0.15, -0.1) is 0 Å². The van der Waals surface area contributed by atoms with Crippen LogP contribution in [0.5, 0.6) is 0 Å². The Morgan fingerprint density at radius 3 is 2.65 bits per heavy atom. The Labute approximate surface area is 100 Å². The second kappa shape index (κ2) is 4.57. The summed E-state index contributed by atoms with van der Waals surface area (Å²) in [4.78, 5) is 21.9. The van der Waals surface area contributed by atoms with Crippen LogP contribution < -0.4 is 10.6 Å². The molecule has 1 aromatic rings. The van der Waals surface area contributed by atoms with Gasteiger partial charge in [0.15, 0.2) is 0 Å². The van der Waals surface area contributed by atoms with E-state index in [2.05, 4.69) is 10.6 Å². The van der Waals surface area contributed by atoms with Gasteiger partial charge in [-0.2, -0.15) is 0 Å². The number of hydrogen-bond acceptors (Lipinski definition) is 2. The minimum Gasteiger partial charge on any atom is -0.353 e. The zero-order valence-corrected chi connectivity index (χ0v) is 9.91. The summed E-state index contributed by atoms with van der Waals surface area (Å²) in [5.41, 5.74) is 3.07. The summed E-state index contributed by atoms with van der Waals surface area (Å²) in [5.74, 6) is -0.105. The van der Waals surface area contributed by atoms with Gasteiger partial charge in [0.2, 0.25) is 11.8 Å². The fraction of sp³-hybridized carbons (Fsp3) is 0.308. The minimum absolute atomic E-state index is 0.0267. The standard InChI is InChI=1S/C13H15N2O2/c1-8(16)14-12-4-3-10-5-13(15-9(2)17)7-11(10)6-12/h3-6,13H,7H2,1-2H3,(H,14,16)(H,15,17). The lowest BCUT2D eigenvalue weighted by molar-refractivity contribution is -0.119. The van der Waals surface area contributed by atoms with Crippen molar-refractivity contribution < 1.29 is 9.59 Å². The Balaban J connectivity index is 2.10. The summed E-state index contributed by atoms with van der Waals surface area (Å²) in [6.45, 7) is 3.00. The van der Waals surface area contributed by atoms with Crippen molar-refractivity contribution in [1.29, 1.82) is 0 Å². The van der Waals surface area contributed by atoms with E-state index < -0.39 is 0 Å². The first-order chi connectivity index (χ1) is 8.04. The topological polar surface area (TPSA) is 58.2 Å². The quantitative estimate of drug-likeness (QED) is 0.805. The van der Waals surface area contributed by atoms with Gasteiger partial charge in [-0.05, 0) is 29.7 Å². The van der Waals surface area contributed by atoms with Gasteiger partial charge in [0, 0.05) is 32.0 Å². The van der Waals surface area contributed by atoms with E-state index in [-0.39, 0.29) is 17.9 Å². The molecule has 1 aliphatic rings. The minimum atomic E-state index is -0.0784. The van der Waals surface area contributed by atoms with Gasteiger partial charge in [0.1, 0.15) is 0 Å². The maximum Gasteiger partial charge on any atom is 0.221 e. The second-order valence-electron chi connectivity index (χ2n) is 4.27. The lowest BCUT2D eigenvalue weighted by Gasteiger charge is -2.08. The molecule has 0 fully saturated rings. The molecule has 89 valence electrons. The van der Waals surface area contributed by atoms with Crippen molar-refractivity contribution >= 4 is 17.5 Å². The number of nitrogens with one attached hydrogen (secondary N) is 2. The van der Waals surface area contributed by atoms with Crippen LogP contribution in [0.15, 0.2) is 18.2 Å². The van der Waals surface area contributed by atoms with E-state index in [4.69, 9.17) is 0 Å². The molecule has 4 heteroatoms. The van der Waals surface area contributed by atoms with Crippen molar-refractivity contribution in [1.82, 2.24) is 5.32 Å². The van der Waals surface area contributed by atoms with Gasteiger partial charge in [-0.1, -0.05) is 6.07 Å². The molecular weight excluding hydrogens is 216 g/mol. The molecule has 1 aliphatic carbocycles. The Morgan fingerprint density at radius 2 is 2.00 bits per heavy atom. The van der Waals surface area contributed by atoms with Crippen molar-refractivity contribution in [2.75, 3.05) is 5.32 Å². The summed E-state index contributed by atoms with van der Waals surface area (Å²) in [6, 6.07) is 5.85. The number of hydrogen-bond donors (Lipinski definition) is 2. The summed E-state index contributed by atoms with van der Waals surface area (Å²) >= 11 is 0. The summed E-state index contributed by atoms with van der Waals surface area (Å²) < 4.78 is 0. The Morgan fingerprint density at radius 1 is 1.24 bits per heavy atom. The second-order valence-corrected chi connectivity index (χ2v) is 4.27. The first-order valence-electron chi connectivity index (χ1n) is 5.57. The van der Waals surface area contributed by atoms with Crippen LogP contribution in [0, 0.1) is 6.42 Å². The largest absolute Gasteiger partial charge is 0.353 e. The van der Waals surface area contributed by atoms with E-state index in [1.165, 1.54) is 13.8 Å². The number of carbonyl (C=O) groups excluding carboxylic acids is 2. The van der Waals surface area contributed by atoms with Crippen LogP contribution in [-0.2, 0) is 16.0 Å². The molecule has 0 saturated carbocycles. The molecule has 2 amide bonds. The Kier molecular flexibility index (Phi) is 3.13. The van der Waals surface area contributed by atoms with Gasteiger partial charge >= 0.3 is 0 Å². The highest BCUT2D eigenvalue weighted by atomic mass is 16.2. The molecule has 2 rings (SSSR count).